The minimum Gasteiger partial charge on any atom is -0.456 e. The van der Waals surface area contributed by atoms with Crippen molar-refractivity contribution in [2.45, 2.75) is 0 Å². The van der Waals surface area contributed by atoms with Crippen molar-refractivity contribution in [1.29, 1.82) is 0 Å². The Kier molecular flexibility index (Phi) is 5.82. The normalized spacial score (nSPS) is 11.6. The molecule has 0 unspecified atom stereocenters. The number of aromatic nitrogens is 2. The third-order valence-corrected chi connectivity index (χ3v) is 8.65. The number of fused-ring (bicyclic) bond motifs is 5. The third kappa shape index (κ3) is 4.54. The van der Waals surface area contributed by atoms with Gasteiger partial charge in [-0.1, -0.05) is 115 Å². The van der Waals surface area contributed by atoms with E-state index in [1.165, 1.54) is 32.7 Å². The number of furan rings is 1. The quantitative estimate of drug-likeness (QED) is 0.210. The summed E-state index contributed by atoms with van der Waals surface area (Å²) in [5.41, 5.74) is 8.83. The van der Waals surface area contributed by atoms with Gasteiger partial charge in [0.15, 0.2) is 5.82 Å². The lowest BCUT2D eigenvalue weighted by Gasteiger charge is -2.10. The number of rotatable bonds is 4. The van der Waals surface area contributed by atoms with Crippen LogP contribution < -0.4 is 0 Å². The maximum Gasteiger partial charge on any atom is 0.160 e. The first-order chi connectivity index (χ1) is 22.2. The molecule has 0 atom stereocenters. The molecule has 0 bridgehead atoms. The maximum atomic E-state index is 6.41. The van der Waals surface area contributed by atoms with Gasteiger partial charge in [0, 0.05) is 27.5 Å². The average Bonchev–Trinajstić information content (AvgIpc) is 3.48. The fraction of sp³-hybridized carbons (Fsp3) is 0. The molecule has 0 aliphatic heterocycles. The highest BCUT2D eigenvalue weighted by atomic mass is 16.3. The van der Waals surface area contributed by atoms with Crippen LogP contribution in [0.15, 0.2) is 162 Å². The molecular formula is C42H26N2O. The molecule has 0 saturated heterocycles. The Morgan fingerprint density at radius 3 is 1.62 bits per heavy atom. The zero-order valence-electron chi connectivity index (χ0n) is 24.3. The van der Waals surface area contributed by atoms with Gasteiger partial charge in [-0.05, 0) is 75.1 Å². The van der Waals surface area contributed by atoms with E-state index >= 15 is 0 Å². The van der Waals surface area contributed by atoms with Crippen LogP contribution in [0, 0.1) is 0 Å². The summed E-state index contributed by atoms with van der Waals surface area (Å²) in [6, 6.07) is 55.1. The molecular weight excluding hydrogens is 548 g/mol. The van der Waals surface area contributed by atoms with Crippen molar-refractivity contribution in [3.05, 3.63) is 158 Å². The van der Waals surface area contributed by atoms with Gasteiger partial charge in [0.05, 0.1) is 11.4 Å². The molecule has 210 valence electrons. The van der Waals surface area contributed by atoms with Crippen molar-refractivity contribution in [3.8, 4) is 45.0 Å². The van der Waals surface area contributed by atoms with E-state index in [0.29, 0.717) is 5.82 Å². The van der Waals surface area contributed by atoms with Gasteiger partial charge in [0.1, 0.15) is 11.2 Å². The second-order valence-electron chi connectivity index (χ2n) is 11.5. The molecule has 3 nitrogen and oxygen atoms in total. The lowest BCUT2D eigenvalue weighted by atomic mass is 9.99. The summed E-state index contributed by atoms with van der Waals surface area (Å²) >= 11 is 0. The number of nitrogens with zero attached hydrogens (tertiary/aromatic N) is 2. The van der Waals surface area contributed by atoms with Crippen LogP contribution in [0.1, 0.15) is 0 Å². The van der Waals surface area contributed by atoms with E-state index in [4.69, 9.17) is 14.4 Å². The first kappa shape index (κ1) is 25.4. The number of benzene rings is 7. The summed E-state index contributed by atoms with van der Waals surface area (Å²) in [6.07, 6.45) is 0. The Morgan fingerprint density at radius 1 is 0.333 bits per heavy atom. The van der Waals surface area contributed by atoms with Crippen LogP contribution in [-0.2, 0) is 0 Å². The zero-order valence-corrected chi connectivity index (χ0v) is 24.3. The predicted octanol–water partition coefficient (Wildman–Crippen LogP) is 11.4. The molecule has 0 aliphatic rings. The summed E-state index contributed by atoms with van der Waals surface area (Å²) in [7, 11) is 0. The number of hydrogen-bond donors (Lipinski definition) is 0. The summed E-state index contributed by atoms with van der Waals surface area (Å²) < 4.78 is 6.41. The molecule has 0 spiro atoms. The van der Waals surface area contributed by atoms with Crippen LogP contribution in [0.25, 0.3) is 88.5 Å². The molecule has 0 aliphatic carbocycles. The average molecular weight is 575 g/mol. The van der Waals surface area contributed by atoms with E-state index in [1.54, 1.807) is 0 Å². The van der Waals surface area contributed by atoms with Crippen molar-refractivity contribution >= 4 is 43.5 Å². The van der Waals surface area contributed by atoms with Gasteiger partial charge in [-0.15, -0.1) is 0 Å². The van der Waals surface area contributed by atoms with Crippen molar-refractivity contribution in [2.24, 2.45) is 0 Å². The van der Waals surface area contributed by atoms with Gasteiger partial charge in [-0.3, -0.25) is 0 Å². The highest BCUT2D eigenvalue weighted by Gasteiger charge is 2.14. The van der Waals surface area contributed by atoms with E-state index in [-0.39, 0.29) is 0 Å². The Balaban J connectivity index is 1.16. The van der Waals surface area contributed by atoms with Crippen molar-refractivity contribution in [1.82, 2.24) is 9.97 Å². The molecule has 7 aromatic carbocycles. The minimum atomic E-state index is 0.695. The summed E-state index contributed by atoms with van der Waals surface area (Å²) in [6.45, 7) is 0. The third-order valence-electron chi connectivity index (χ3n) is 8.65. The fourth-order valence-corrected chi connectivity index (χ4v) is 6.29. The van der Waals surface area contributed by atoms with Gasteiger partial charge in [-0.2, -0.15) is 0 Å². The standard InChI is InChI=1S/C42H26N2O/c1-2-10-29(11-3-1)42-43-38(34-17-15-28-9-5-7-13-31(28)23-34)26-39(44-42)35-18-20-36-37-24-33(19-21-40(37)45-41(36)25-35)32-16-14-27-8-4-6-12-30(27)22-32/h1-26H. The molecule has 9 rings (SSSR count). The first-order valence-electron chi connectivity index (χ1n) is 15.1. The van der Waals surface area contributed by atoms with Crippen LogP contribution in [-0.4, -0.2) is 9.97 Å². The molecule has 9 aromatic rings. The maximum absolute atomic E-state index is 6.41. The summed E-state index contributed by atoms with van der Waals surface area (Å²) in [5, 5.41) is 7.06. The van der Waals surface area contributed by atoms with Gasteiger partial charge >= 0.3 is 0 Å². The Bertz CT molecular complexity index is 2550. The van der Waals surface area contributed by atoms with E-state index < -0.39 is 0 Å². The smallest absolute Gasteiger partial charge is 0.160 e. The largest absolute Gasteiger partial charge is 0.456 e. The van der Waals surface area contributed by atoms with Crippen LogP contribution >= 0.6 is 0 Å². The van der Waals surface area contributed by atoms with E-state index in [9.17, 15) is 0 Å². The van der Waals surface area contributed by atoms with Crippen molar-refractivity contribution < 1.29 is 4.42 Å². The van der Waals surface area contributed by atoms with Crippen LogP contribution in [0.5, 0.6) is 0 Å². The summed E-state index contributed by atoms with van der Waals surface area (Å²) in [4.78, 5) is 10.1. The van der Waals surface area contributed by atoms with Crippen LogP contribution in [0.3, 0.4) is 0 Å². The van der Waals surface area contributed by atoms with Crippen molar-refractivity contribution in [2.75, 3.05) is 0 Å². The monoisotopic (exact) mass is 574 g/mol. The zero-order chi connectivity index (χ0) is 29.7. The van der Waals surface area contributed by atoms with Gasteiger partial charge < -0.3 is 4.42 Å². The molecule has 2 heterocycles. The van der Waals surface area contributed by atoms with Gasteiger partial charge in [0.25, 0.3) is 0 Å². The van der Waals surface area contributed by atoms with E-state index in [1.807, 2.05) is 18.2 Å². The predicted molar refractivity (Wildman–Crippen MR) is 186 cm³/mol. The molecule has 0 radical (unpaired) electrons. The topological polar surface area (TPSA) is 38.9 Å². The van der Waals surface area contributed by atoms with E-state index in [0.717, 1.165) is 50.0 Å². The highest BCUT2D eigenvalue weighted by molar-refractivity contribution is 6.07. The second kappa shape index (κ2) is 10.3. The molecule has 0 N–H and O–H groups in total. The SMILES string of the molecule is c1ccc(-c2nc(-c3ccc4ccccc4c3)cc(-c3ccc4c(c3)oc3ccc(-c5ccc6ccccc6c5)cc34)n2)cc1. The Morgan fingerprint density at radius 2 is 0.889 bits per heavy atom. The fourth-order valence-electron chi connectivity index (χ4n) is 6.29. The molecule has 0 amide bonds. The van der Waals surface area contributed by atoms with Crippen molar-refractivity contribution in [3.63, 3.8) is 0 Å². The molecule has 45 heavy (non-hydrogen) atoms. The highest BCUT2D eigenvalue weighted by Crippen LogP contribution is 2.36. The summed E-state index contributed by atoms with van der Waals surface area (Å²) in [5.74, 6) is 0.695. The molecule has 3 heteroatoms. The van der Waals surface area contributed by atoms with Crippen LogP contribution in [0.2, 0.25) is 0 Å². The molecule has 0 saturated carbocycles. The minimum absolute atomic E-state index is 0.695. The first-order valence-corrected chi connectivity index (χ1v) is 15.1. The van der Waals surface area contributed by atoms with Gasteiger partial charge in [0.2, 0.25) is 0 Å². The molecule has 0 fully saturated rings. The number of hydrogen-bond acceptors (Lipinski definition) is 3. The van der Waals surface area contributed by atoms with Gasteiger partial charge in [-0.25, -0.2) is 9.97 Å². The Hall–Kier alpha value is -6.06. The lowest BCUT2D eigenvalue weighted by Crippen LogP contribution is -1.96. The Labute approximate surface area is 260 Å². The van der Waals surface area contributed by atoms with E-state index in [2.05, 4.69) is 140 Å². The lowest BCUT2D eigenvalue weighted by molar-refractivity contribution is 0.669. The van der Waals surface area contributed by atoms with Crippen LogP contribution in [0.4, 0.5) is 0 Å². The molecule has 2 aromatic heterocycles. The second-order valence-corrected chi connectivity index (χ2v) is 11.5.